The topological polar surface area (TPSA) is 12.0 Å². The molecule has 2 unspecified atom stereocenters. The number of likely N-dealkylation sites (N-methyl/N-ethyl adjacent to an activating group) is 1. The van der Waals surface area contributed by atoms with E-state index in [2.05, 4.69) is 70.0 Å². The molecule has 0 saturated carbocycles. The molecule has 0 bridgehead atoms. The third kappa shape index (κ3) is 5.03. The van der Waals surface area contributed by atoms with Gasteiger partial charge in [-0.05, 0) is 50.4 Å². The molecule has 0 aliphatic rings. The van der Waals surface area contributed by atoms with Crippen molar-refractivity contribution in [3.8, 4) is 0 Å². The van der Waals surface area contributed by atoms with Gasteiger partial charge >= 0.3 is 0 Å². The van der Waals surface area contributed by atoms with Crippen LogP contribution in [-0.4, -0.2) is 24.1 Å². The highest BCUT2D eigenvalue weighted by Crippen LogP contribution is 2.17. The van der Waals surface area contributed by atoms with Crippen molar-refractivity contribution in [1.82, 2.24) is 5.32 Å². The van der Waals surface area contributed by atoms with E-state index in [0.29, 0.717) is 6.04 Å². The molecule has 0 aliphatic heterocycles. The van der Waals surface area contributed by atoms with Crippen molar-refractivity contribution in [2.45, 2.75) is 51.8 Å². The summed E-state index contributed by atoms with van der Waals surface area (Å²) in [5.41, 5.74) is 4.23. The maximum atomic E-state index is 3.44. The molecule has 1 nitrogen and oxygen atoms in total. The van der Waals surface area contributed by atoms with Crippen LogP contribution >= 0.6 is 11.8 Å². The lowest BCUT2D eigenvalue weighted by molar-refractivity contribution is 0.615. The third-order valence-electron chi connectivity index (χ3n) is 3.62. The van der Waals surface area contributed by atoms with E-state index in [-0.39, 0.29) is 0 Å². The summed E-state index contributed by atoms with van der Waals surface area (Å²) in [5, 5.41) is 4.21. The van der Waals surface area contributed by atoms with Gasteiger partial charge < -0.3 is 5.32 Å². The van der Waals surface area contributed by atoms with Gasteiger partial charge in [0.2, 0.25) is 0 Å². The van der Waals surface area contributed by atoms with E-state index in [1.807, 2.05) is 0 Å². The Morgan fingerprint density at radius 2 is 1.94 bits per heavy atom. The van der Waals surface area contributed by atoms with E-state index in [1.165, 1.54) is 28.9 Å². The van der Waals surface area contributed by atoms with Crippen LogP contribution < -0.4 is 5.32 Å². The Balaban J connectivity index is 2.54. The van der Waals surface area contributed by atoms with Crippen LogP contribution in [0, 0.1) is 13.8 Å². The molecule has 0 fully saturated rings. The molecular formula is C16H27NS. The molecule has 0 aromatic heterocycles. The summed E-state index contributed by atoms with van der Waals surface area (Å²) in [4.78, 5) is 0. The van der Waals surface area contributed by atoms with Gasteiger partial charge in [-0.15, -0.1) is 0 Å². The minimum atomic E-state index is 0.575. The molecule has 2 heteroatoms. The quantitative estimate of drug-likeness (QED) is 0.800. The van der Waals surface area contributed by atoms with Crippen LogP contribution in [0.1, 0.15) is 37.0 Å². The molecule has 1 aromatic rings. The minimum Gasteiger partial charge on any atom is -0.316 e. The average Bonchev–Trinajstić information content (AvgIpc) is 2.38. The van der Waals surface area contributed by atoms with Gasteiger partial charge in [-0.2, -0.15) is 11.8 Å². The summed E-state index contributed by atoms with van der Waals surface area (Å²) in [6, 6.07) is 7.40. The van der Waals surface area contributed by atoms with Crippen LogP contribution in [0.25, 0.3) is 0 Å². The third-order valence-corrected chi connectivity index (χ3v) is 5.12. The van der Waals surface area contributed by atoms with Gasteiger partial charge in [-0.1, -0.05) is 32.0 Å². The highest BCUT2D eigenvalue weighted by atomic mass is 32.2. The standard InChI is InChI=1S/C16H27NS/c1-6-14(4)18-11-16(17-5)10-15-8-7-12(2)13(3)9-15/h7-9,14,16-17H,6,10-11H2,1-5H3. The smallest absolute Gasteiger partial charge is 0.0195 e. The fraction of sp³-hybridized carbons (Fsp3) is 0.625. The number of hydrogen-bond acceptors (Lipinski definition) is 2. The molecule has 0 aliphatic carbocycles. The first-order valence-electron chi connectivity index (χ1n) is 6.91. The Bertz CT molecular complexity index is 362. The Morgan fingerprint density at radius 1 is 1.22 bits per heavy atom. The zero-order valence-electron chi connectivity index (χ0n) is 12.4. The summed E-state index contributed by atoms with van der Waals surface area (Å²) in [6.07, 6.45) is 2.38. The van der Waals surface area contributed by atoms with Crippen molar-refractivity contribution in [3.63, 3.8) is 0 Å². The average molecular weight is 265 g/mol. The number of thioether (sulfide) groups is 1. The zero-order valence-corrected chi connectivity index (χ0v) is 13.2. The van der Waals surface area contributed by atoms with Crippen LogP contribution in [-0.2, 0) is 6.42 Å². The van der Waals surface area contributed by atoms with Gasteiger partial charge in [0, 0.05) is 17.0 Å². The number of benzene rings is 1. The molecule has 0 heterocycles. The SMILES string of the molecule is CCC(C)SCC(Cc1ccc(C)c(C)c1)NC. The lowest BCUT2D eigenvalue weighted by Gasteiger charge is -2.18. The summed E-state index contributed by atoms with van der Waals surface area (Å²) >= 11 is 2.07. The minimum absolute atomic E-state index is 0.575. The van der Waals surface area contributed by atoms with E-state index >= 15 is 0 Å². The summed E-state index contributed by atoms with van der Waals surface area (Å²) < 4.78 is 0. The summed E-state index contributed by atoms with van der Waals surface area (Å²) in [5.74, 6) is 1.19. The molecule has 1 N–H and O–H groups in total. The molecule has 18 heavy (non-hydrogen) atoms. The maximum absolute atomic E-state index is 3.44. The van der Waals surface area contributed by atoms with Crippen LogP contribution in [0.4, 0.5) is 0 Å². The predicted molar refractivity (Wildman–Crippen MR) is 84.7 cm³/mol. The maximum Gasteiger partial charge on any atom is 0.0195 e. The van der Waals surface area contributed by atoms with Crippen LogP contribution in [0.5, 0.6) is 0 Å². The number of aryl methyl sites for hydroxylation is 2. The zero-order chi connectivity index (χ0) is 13.5. The molecule has 2 atom stereocenters. The van der Waals surface area contributed by atoms with Crippen LogP contribution in [0.15, 0.2) is 18.2 Å². The molecule has 0 amide bonds. The number of rotatable bonds is 7. The van der Waals surface area contributed by atoms with Crippen molar-refractivity contribution in [2.75, 3.05) is 12.8 Å². The Labute approximate surface area is 117 Å². The highest BCUT2D eigenvalue weighted by molar-refractivity contribution is 7.99. The Hall–Kier alpha value is -0.470. The van der Waals surface area contributed by atoms with Gasteiger partial charge in [0.05, 0.1) is 0 Å². The summed E-state index contributed by atoms with van der Waals surface area (Å²) in [6.45, 7) is 8.94. The molecule has 0 spiro atoms. The fourth-order valence-electron chi connectivity index (χ4n) is 1.86. The van der Waals surface area contributed by atoms with Gasteiger partial charge in [0.15, 0.2) is 0 Å². The highest BCUT2D eigenvalue weighted by Gasteiger charge is 2.10. The Kier molecular flexibility index (Phi) is 6.80. The second-order valence-corrected chi connectivity index (χ2v) is 6.63. The van der Waals surface area contributed by atoms with Crippen molar-refractivity contribution < 1.29 is 0 Å². The lowest BCUT2D eigenvalue weighted by Crippen LogP contribution is -2.30. The van der Waals surface area contributed by atoms with Crippen molar-refractivity contribution >= 4 is 11.8 Å². The van der Waals surface area contributed by atoms with Crippen molar-refractivity contribution in [3.05, 3.63) is 34.9 Å². The second-order valence-electron chi connectivity index (χ2n) is 5.16. The van der Waals surface area contributed by atoms with Gasteiger partial charge in [-0.3, -0.25) is 0 Å². The van der Waals surface area contributed by atoms with E-state index in [1.54, 1.807) is 0 Å². The number of nitrogens with one attached hydrogen (secondary N) is 1. The largest absolute Gasteiger partial charge is 0.316 e. The van der Waals surface area contributed by atoms with Crippen molar-refractivity contribution in [1.29, 1.82) is 0 Å². The van der Waals surface area contributed by atoms with Crippen LogP contribution in [0.2, 0.25) is 0 Å². The molecule has 102 valence electrons. The molecule has 1 rings (SSSR count). The fourth-order valence-corrected chi connectivity index (χ4v) is 2.94. The normalized spacial score (nSPS) is 14.5. The molecular weight excluding hydrogens is 238 g/mol. The van der Waals surface area contributed by atoms with Crippen molar-refractivity contribution in [2.24, 2.45) is 0 Å². The first-order valence-corrected chi connectivity index (χ1v) is 7.96. The van der Waals surface area contributed by atoms with E-state index in [9.17, 15) is 0 Å². The molecule has 1 aromatic carbocycles. The lowest BCUT2D eigenvalue weighted by atomic mass is 10.0. The van der Waals surface area contributed by atoms with E-state index in [4.69, 9.17) is 0 Å². The van der Waals surface area contributed by atoms with E-state index < -0.39 is 0 Å². The molecule has 0 saturated heterocycles. The molecule has 0 radical (unpaired) electrons. The van der Waals surface area contributed by atoms with Gasteiger partial charge in [-0.25, -0.2) is 0 Å². The Morgan fingerprint density at radius 3 is 2.50 bits per heavy atom. The first-order chi connectivity index (χ1) is 8.56. The van der Waals surface area contributed by atoms with Gasteiger partial charge in [0.25, 0.3) is 0 Å². The van der Waals surface area contributed by atoms with Gasteiger partial charge in [0.1, 0.15) is 0 Å². The second kappa shape index (κ2) is 7.85. The van der Waals surface area contributed by atoms with Crippen LogP contribution in [0.3, 0.4) is 0 Å². The summed E-state index contributed by atoms with van der Waals surface area (Å²) in [7, 11) is 2.07. The monoisotopic (exact) mass is 265 g/mol. The number of hydrogen-bond donors (Lipinski definition) is 1. The predicted octanol–water partition coefficient (Wildman–Crippen LogP) is 3.97. The first kappa shape index (κ1) is 15.6. The van der Waals surface area contributed by atoms with E-state index in [0.717, 1.165) is 11.7 Å².